The fourth-order valence-electron chi connectivity index (χ4n) is 1.03. The van der Waals surface area contributed by atoms with E-state index >= 15 is 0 Å². The van der Waals surface area contributed by atoms with E-state index in [4.69, 9.17) is 14.7 Å². The first kappa shape index (κ1) is 10.8. The Kier molecular flexibility index (Phi) is 3.76. The van der Waals surface area contributed by atoms with Crippen molar-refractivity contribution < 1.29 is 14.7 Å². The maximum Gasteiger partial charge on any atom is 0.161 e. The Morgan fingerprint density at radius 1 is 1.29 bits per heavy atom. The van der Waals surface area contributed by atoms with Gasteiger partial charge in [-0.15, -0.1) is 0 Å². The second kappa shape index (κ2) is 4.85. The van der Waals surface area contributed by atoms with Crippen molar-refractivity contribution in [1.29, 1.82) is 0 Å². The standard InChI is InChI=1S/C9H10BrNO3/c1-13-8-3-6(5-11-12)7(10)4-9(8)14-2/h3-5,12H,1-2H3. The van der Waals surface area contributed by atoms with Gasteiger partial charge in [-0.1, -0.05) is 5.16 Å². The van der Waals surface area contributed by atoms with E-state index < -0.39 is 0 Å². The fourth-order valence-corrected chi connectivity index (χ4v) is 1.46. The molecule has 5 heteroatoms. The minimum Gasteiger partial charge on any atom is -0.493 e. The summed E-state index contributed by atoms with van der Waals surface area (Å²) in [5.41, 5.74) is 0.713. The maximum atomic E-state index is 8.41. The quantitative estimate of drug-likeness (QED) is 0.515. The van der Waals surface area contributed by atoms with Crippen LogP contribution in [0.2, 0.25) is 0 Å². The number of hydrogen-bond acceptors (Lipinski definition) is 4. The number of benzene rings is 1. The molecule has 0 bridgehead atoms. The van der Waals surface area contributed by atoms with Crippen LogP contribution in [0.15, 0.2) is 21.8 Å². The van der Waals surface area contributed by atoms with Crippen molar-refractivity contribution in [2.75, 3.05) is 14.2 Å². The minimum atomic E-state index is 0.589. The highest BCUT2D eigenvalue weighted by Gasteiger charge is 2.07. The van der Waals surface area contributed by atoms with Crippen LogP contribution in [0.1, 0.15) is 5.56 Å². The van der Waals surface area contributed by atoms with Crippen LogP contribution in [0.25, 0.3) is 0 Å². The Balaban J connectivity index is 3.23. The zero-order valence-corrected chi connectivity index (χ0v) is 9.41. The van der Waals surface area contributed by atoms with Crippen LogP contribution in [0, 0.1) is 0 Å². The molecule has 0 atom stereocenters. The van der Waals surface area contributed by atoms with Gasteiger partial charge in [0.1, 0.15) is 0 Å². The molecule has 1 N–H and O–H groups in total. The SMILES string of the molecule is COc1cc(Br)c(C=NO)cc1OC. The lowest BCUT2D eigenvalue weighted by molar-refractivity contribution is 0.321. The van der Waals surface area contributed by atoms with E-state index in [1.54, 1.807) is 26.4 Å². The summed E-state index contributed by atoms with van der Waals surface area (Å²) in [5, 5.41) is 11.4. The van der Waals surface area contributed by atoms with E-state index in [2.05, 4.69) is 21.1 Å². The van der Waals surface area contributed by atoms with Gasteiger partial charge in [-0.2, -0.15) is 0 Å². The molecule has 1 aromatic carbocycles. The third-order valence-corrected chi connectivity index (χ3v) is 2.39. The summed E-state index contributed by atoms with van der Waals surface area (Å²) in [4.78, 5) is 0. The highest BCUT2D eigenvalue weighted by molar-refractivity contribution is 9.10. The molecule has 0 aliphatic heterocycles. The summed E-state index contributed by atoms with van der Waals surface area (Å²) in [6, 6.07) is 3.46. The first-order valence-electron chi connectivity index (χ1n) is 3.82. The van der Waals surface area contributed by atoms with Crippen LogP contribution in [0.5, 0.6) is 11.5 Å². The predicted octanol–water partition coefficient (Wildman–Crippen LogP) is 2.27. The molecule has 0 aliphatic carbocycles. The van der Waals surface area contributed by atoms with E-state index in [-0.39, 0.29) is 0 Å². The number of halogens is 1. The van der Waals surface area contributed by atoms with Gasteiger partial charge in [0.2, 0.25) is 0 Å². The molecule has 0 saturated heterocycles. The normalized spacial score (nSPS) is 10.5. The van der Waals surface area contributed by atoms with Gasteiger partial charge >= 0.3 is 0 Å². The van der Waals surface area contributed by atoms with Crippen molar-refractivity contribution in [3.63, 3.8) is 0 Å². The molecule has 1 aromatic rings. The van der Waals surface area contributed by atoms with Gasteiger partial charge in [0.25, 0.3) is 0 Å². The largest absolute Gasteiger partial charge is 0.493 e. The topological polar surface area (TPSA) is 51.0 Å². The summed E-state index contributed by atoms with van der Waals surface area (Å²) < 4.78 is 10.9. The average Bonchev–Trinajstić information content (AvgIpc) is 2.20. The Labute approximate surface area is 90.3 Å². The van der Waals surface area contributed by atoms with E-state index in [1.807, 2.05) is 0 Å². The van der Waals surface area contributed by atoms with E-state index in [0.29, 0.717) is 17.1 Å². The monoisotopic (exact) mass is 259 g/mol. The lowest BCUT2D eigenvalue weighted by Crippen LogP contribution is -1.93. The number of methoxy groups -OCH3 is 2. The molecule has 0 heterocycles. The van der Waals surface area contributed by atoms with Crippen LogP contribution in [-0.2, 0) is 0 Å². The third-order valence-electron chi connectivity index (χ3n) is 1.70. The van der Waals surface area contributed by atoms with Crippen molar-refractivity contribution >= 4 is 22.1 Å². The zero-order chi connectivity index (χ0) is 10.6. The number of oxime groups is 1. The Bertz CT molecular complexity index is 352. The highest BCUT2D eigenvalue weighted by Crippen LogP contribution is 2.32. The van der Waals surface area contributed by atoms with E-state index in [9.17, 15) is 0 Å². The molecule has 4 nitrogen and oxygen atoms in total. The van der Waals surface area contributed by atoms with Gasteiger partial charge in [0.15, 0.2) is 11.5 Å². The molecule has 0 spiro atoms. The average molecular weight is 260 g/mol. The van der Waals surface area contributed by atoms with Crippen molar-refractivity contribution in [3.05, 3.63) is 22.2 Å². The fraction of sp³-hybridized carbons (Fsp3) is 0.222. The van der Waals surface area contributed by atoms with Crippen molar-refractivity contribution in [2.45, 2.75) is 0 Å². The van der Waals surface area contributed by atoms with Crippen molar-refractivity contribution in [2.24, 2.45) is 5.16 Å². The summed E-state index contributed by atoms with van der Waals surface area (Å²) in [6.07, 6.45) is 1.31. The summed E-state index contributed by atoms with van der Waals surface area (Å²) in [5.74, 6) is 1.21. The van der Waals surface area contributed by atoms with Crippen LogP contribution in [0.3, 0.4) is 0 Å². The van der Waals surface area contributed by atoms with Crippen molar-refractivity contribution in [1.82, 2.24) is 0 Å². The van der Waals surface area contributed by atoms with Gasteiger partial charge in [-0.05, 0) is 28.1 Å². The smallest absolute Gasteiger partial charge is 0.161 e. The lowest BCUT2D eigenvalue weighted by atomic mass is 10.2. The number of nitrogens with zero attached hydrogens (tertiary/aromatic N) is 1. The molecule has 0 aromatic heterocycles. The third kappa shape index (κ3) is 2.17. The van der Waals surface area contributed by atoms with Gasteiger partial charge < -0.3 is 14.7 Å². The number of rotatable bonds is 3. The molecule has 0 amide bonds. The van der Waals surface area contributed by atoms with Crippen LogP contribution >= 0.6 is 15.9 Å². The van der Waals surface area contributed by atoms with E-state index in [1.165, 1.54) is 6.21 Å². The first-order chi connectivity index (χ1) is 6.72. The van der Waals surface area contributed by atoms with Crippen LogP contribution < -0.4 is 9.47 Å². The number of ether oxygens (including phenoxy) is 2. The van der Waals surface area contributed by atoms with Gasteiger partial charge in [-0.3, -0.25) is 0 Å². The highest BCUT2D eigenvalue weighted by atomic mass is 79.9. The zero-order valence-electron chi connectivity index (χ0n) is 7.82. The van der Waals surface area contributed by atoms with Gasteiger partial charge in [0.05, 0.1) is 20.4 Å². The maximum absolute atomic E-state index is 8.41. The minimum absolute atomic E-state index is 0.589. The first-order valence-corrected chi connectivity index (χ1v) is 4.61. The molecular weight excluding hydrogens is 250 g/mol. The summed E-state index contributed by atoms with van der Waals surface area (Å²) in [7, 11) is 3.11. The second-order valence-corrected chi connectivity index (χ2v) is 3.33. The second-order valence-electron chi connectivity index (χ2n) is 2.47. The molecular formula is C9H10BrNO3. The summed E-state index contributed by atoms with van der Waals surface area (Å²) in [6.45, 7) is 0. The number of hydrogen-bond donors (Lipinski definition) is 1. The van der Waals surface area contributed by atoms with E-state index in [0.717, 1.165) is 4.47 Å². The summed E-state index contributed by atoms with van der Waals surface area (Å²) >= 11 is 3.31. The molecule has 0 saturated carbocycles. The Morgan fingerprint density at radius 2 is 1.86 bits per heavy atom. The molecule has 0 aliphatic rings. The molecule has 0 unspecified atom stereocenters. The van der Waals surface area contributed by atoms with Crippen LogP contribution in [-0.4, -0.2) is 25.6 Å². The predicted molar refractivity (Wildman–Crippen MR) is 56.6 cm³/mol. The van der Waals surface area contributed by atoms with Gasteiger partial charge in [-0.25, -0.2) is 0 Å². The molecule has 0 radical (unpaired) electrons. The Morgan fingerprint density at radius 3 is 2.36 bits per heavy atom. The molecule has 14 heavy (non-hydrogen) atoms. The van der Waals surface area contributed by atoms with Gasteiger partial charge in [0, 0.05) is 10.0 Å². The lowest BCUT2D eigenvalue weighted by Gasteiger charge is -2.09. The molecule has 76 valence electrons. The molecule has 0 fully saturated rings. The Hall–Kier alpha value is -1.23. The molecule has 1 rings (SSSR count). The van der Waals surface area contributed by atoms with Crippen LogP contribution in [0.4, 0.5) is 0 Å². The van der Waals surface area contributed by atoms with Crippen molar-refractivity contribution in [3.8, 4) is 11.5 Å².